The lowest BCUT2D eigenvalue weighted by Crippen LogP contribution is -2.35. The molecule has 2 atom stereocenters. The minimum atomic E-state index is -0.311. The first kappa shape index (κ1) is 20.8. The van der Waals surface area contributed by atoms with Gasteiger partial charge in [-0.05, 0) is 58.1 Å². The van der Waals surface area contributed by atoms with E-state index in [0.717, 1.165) is 30.8 Å². The van der Waals surface area contributed by atoms with Crippen LogP contribution < -0.4 is 0 Å². The predicted molar refractivity (Wildman–Crippen MR) is 113 cm³/mol. The van der Waals surface area contributed by atoms with E-state index < -0.39 is 0 Å². The highest BCUT2D eigenvalue weighted by Crippen LogP contribution is 2.48. The van der Waals surface area contributed by atoms with Crippen LogP contribution in [-0.4, -0.2) is 64.2 Å². The van der Waals surface area contributed by atoms with Crippen LogP contribution in [0.25, 0.3) is 11.4 Å². The Kier molecular flexibility index (Phi) is 5.08. The first-order valence-corrected chi connectivity index (χ1v) is 10.8. The van der Waals surface area contributed by atoms with Gasteiger partial charge in [-0.3, -0.25) is 4.79 Å². The molecule has 0 N–H and O–H groups in total. The van der Waals surface area contributed by atoms with E-state index in [1.807, 2.05) is 18.7 Å². The Morgan fingerprint density at radius 2 is 1.97 bits per heavy atom. The SMILES string of the molecule is Cc1noc(C)c1CC(=O)N1C[C@@H](c2nc(-c3ccc(F)cc3)no2)[C@]2(CCN(C)C2)C1. The standard InChI is InChI=1S/C23H26FN5O3/c1-14-18(15(2)31-26-14)10-20(30)29-11-19(23(13-29)8-9-28(3)12-23)22-25-21(27-32-22)16-4-6-17(24)7-5-16/h4-7,19H,8-13H2,1-3H3/t19-,23-/m0/s1. The fourth-order valence-corrected chi connectivity index (χ4v) is 5.13. The smallest absolute Gasteiger partial charge is 0.232 e. The maximum absolute atomic E-state index is 13.3. The first-order chi connectivity index (χ1) is 15.3. The zero-order chi connectivity index (χ0) is 22.5. The zero-order valence-electron chi connectivity index (χ0n) is 18.5. The van der Waals surface area contributed by atoms with Crippen LogP contribution in [0.15, 0.2) is 33.3 Å². The molecule has 168 valence electrons. The number of aromatic nitrogens is 3. The van der Waals surface area contributed by atoms with Gasteiger partial charge in [0.2, 0.25) is 17.6 Å². The molecule has 32 heavy (non-hydrogen) atoms. The molecule has 1 aromatic carbocycles. The molecule has 8 nitrogen and oxygen atoms in total. The van der Waals surface area contributed by atoms with Crippen LogP contribution in [0.1, 0.15) is 35.2 Å². The molecular weight excluding hydrogens is 413 g/mol. The summed E-state index contributed by atoms with van der Waals surface area (Å²) in [4.78, 5) is 22.1. The number of aryl methyl sites for hydroxylation is 2. The average molecular weight is 439 g/mol. The first-order valence-electron chi connectivity index (χ1n) is 10.8. The number of carbonyl (C=O) groups is 1. The summed E-state index contributed by atoms with van der Waals surface area (Å²) in [5.41, 5.74) is 2.17. The van der Waals surface area contributed by atoms with Gasteiger partial charge < -0.3 is 18.8 Å². The number of hydrogen-bond acceptors (Lipinski definition) is 7. The second kappa shape index (κ2) is 7.81. The molecule has 4 heterocycles. The lowest BCUT2D eigenvalue weighted by Gasteiger charge is -2.27. The Balaban J connectivity index is 1.41. The second-order valence-corrected chi connectivity index (χ2v) is 9.12. The van der Waals surface area contributed by atoms with Crippen molar-refractivity contribution in [2.45, 2.75) is 32.6 Å². The van der Waals surface area contributed by atoms with Crippen molar-refractivity contribution in [2.75, 3.05) is 33.2 Å². The van der Waals surface area contributed by atoms with Gasteiger partial charge in [0, 0.05) is 36.2 Å². The Morgan fingerprint density at radius 3 is 2.62 bits per heavy atom. The molecule has 1 spiro atoms. The molecule has 0 radical (unpaired) electrons. The van der Waals surface area contributed by atoms with Crippen molar-refractivity contribution in [3.8, 4) is 11.4 Å². The van der Waals surface area contributed by atoms with E-state index >= 15 is 0 Å². The number of hydrogen-bond donors (Lipinski definition) is 0. The molecule has 2 saturated heterocycles. The monoisotopic (exact) mass is 439 g/mol. The minimum absolute atomic E-state index is 0.0501. The summed E-state index contributed by atoms with van der Waals surface area (Å²) >= 11 is 0. The van der Waals surface area contributed by atoms with Crippen molar-refractivity contribution in [1.29, 1.82) is 0 Å². The summed E-state index contributed by atoms with van der Waals surface area (Å²) < 4.78 is 24.2. The largest absolute Gasteiger partial charge is 0.361 e. The third-order valence-electron chi connectivity index (χ3n) is 6.93. The molecule has 2 aliphatic rings. The van der Waals surface area contributed by atoms with Gasteiger partial charge in [0.15, 0.2) is 0 Å². The lowest BCUT2D eigenvalue weighted by molar-refractivity contribution is -0.129. The number of likely N-dealkylation sites (tertiary alicyclic amines) is 2. The van der Waals surface area contributed by atoms with Crippen molar-refractivity contribution >= 4 is 5.91 Å². The number of carbonyl (C=O) groups excluding carboxylic acids is 1. The van der Waals surface area contributed by atoms with Crippen LogP contribution >= 0.6 is 0 Å². The molecule has 5 rings (SSSR count). The average Bonchev–Trinajstić information content (AvgIpc) is 3.54. The van der Waals surface area contributed by atoms with Crippen LogP contribution in [-0.2, 0) is 11.2 Å². The Labute approximate surface area is 185 Å². The molecule has 1 amide bonds. The molecule has 0 bridgehead atoms. The summed E-state index contributed by atoms with van der Waals surface area (Å²) in [6.07, 6.45) is 1.22. The predicted octanol–water partition coefficient (Wildman–Crippen LogP) is 2.97. The van der Waals surface area contributed by atoms with Gasteiger partial charge in [-0.1, -0.05) is 10.3 Å². The van der Waals surface area contributed by atoms with Crippen molar-refractivity contribution in [3.63, 3.8) is 0 Å². The van der Waals surface area contributed by atoms with Crippen molar-refractivity contribution in [1.82, 2.24) is 25.1 Å². The molecule has 0 aliphatic carbocycles. The third kappa shape index (κ3) is 3.60. The molecule has 2 fully saturated rings. The molecular formula is C23H26FN5O3. The zero-order valence-corrected chi connectivity index (χ0v) is 18.5. The number of halogens is 1. The maximum Gasteiger partial charge on any atom is 0.232 e. The molecule has 9 heteroatoms. The van der Waals surface area contributed by atoms with Crippen molar-refractivity contribution < 1.29 is 18.2 Å². The number of amides is 1. The number of rotatable bonds is 4. The molecule has 2 aliphatic heterocycles. The fourth-order valence-electron chi connectivity index (χ4n) is 5.13. The van der Waals surface area contributed by atoms with Gasteiger partial charge in [-0.25, -0.2) is 4.39 Å². The highest BCUT2D eigenvalue weighted by Gasteiger charge is 2.53. The normalized spacial score (nSPS) is 23.5. The van der Waals surface area contributed by atoms with Gasteiger partial charge >= 0.3 is 0 Å². The highest BCUT2D eigenvalue weighted by atomic mass is 19.1. The van der Waals surface area contributed by atoms with E-state index in [4.69, 9.17) is 9.05 Å². The molecule has 3 aromatic rings. The Morgan fingerprint density at radius 1 is 1.19 bits per heavy atom. The third-order valence-corrected chi connectivity index (χ3v) is 6.93. The van der Waals surface area contributed by atoms with E-state index in [2.05, 4.69) is 27.2 Å². The van der Waals surface area contributed by atoms with E-state index in [-0.39, 0.29) is 29.5 Å². The van der Waals surface area contributed by atoms with Crippen LogP contribution in [0, 0.1) is 25.1 Å². The van der Waals surface area contributed by atoms with Crippen LogP contribution in [0.2, 0.25) is 0 Å². The maximum atomic E-state index is 13.3. The fraction of sp³-hybridized carbons (Fsp3) is 0.478. The summed E-state index contributed by atoms with van der Waals surface area (Å²) in [5, 5.41) is 8.11. The number of nitrogens with zero attached hydrogens (tertiary/aromatic N) is 5. The highest BCUT2D eigenvalue weighted by molar-refractivity contribution is 5.79. The minimum Gasteiger partial charge on any atom is -0.361 e. The molecule has 2 aromatic heterocycles. The van der Waals surface area contributed by atoms with E-state index in [1.54, 1.807) is 12.1 Å². The second-order valence-electron chi connectivity index (χ2n) is 9.12. The van der Waals surface area contributed by atoms with Crippen LogP contribution in [0.5, 0.6) is 0 Å². The Hall–Kier alpha value is -3.07. The van der Waals surface area contributed by atoms with Gasteiger partial charge in [-0.2, -0.15) is 4.98 Å². The van der Waals surface area contributed by atoms with Gasteiger partial charge in [0.25, 0.3) is 0 Å². The quantitative estimate of drug-likeness (QED) is 0.617. The van der Waals surface area contributed by atoms with Crippen LogP contribution in [0.3, 0.4) is 0 Å². The Bertz CT molecular complexity index is 1120. The van der Waals surface area contributed by atoms with E-state index in [1.165, 1.54) is 12.1 Å². The van der Waals surface area contributed by atoms with Gasteiger partial charge in [0.05, 0.1) is 18.0 Å². The summed E-state index contributed by atoms with van der Waals surface area (Å²) in [6, 6.07) is 6.03. The summed E-state index contributed by atoms with van der Waals surface area (Å²) in [6.45, 7) is 6.69. The number of benzene rings is 1. The lowest BCUT2D eigenvalue weighted by atomic mass is 9.77. The van der Waals surface area contributed by atoms with Crippen molar-refractivity contribution in [3.05, 3.63) is 53.0 Å². The van der Waals surface area contributed by atoms with Gasteiger partial charge in [-0.15, -0.1) is 0 Å². The van der Waals surface area contributed by atoms with E-state index in [9.17, 15) is 9.18 Å². The van der Waals surface area contributed by atoms with Crippen molar-refractivity contribution in [2.24, 2.45) is 5.41 Å². The van der Waals surface area contributed by atoms with Crippen LogP contribution in [0.4, 0.5) is 4.39 Å². The topological polar surface area (TPSA) is 88.5 Å². The summed E-state index contributed by atoms with van der Waals surface area (Å²) in [7, 11) is 2.10. The van der Waals surface area contributed by atoms with Gasteiger partial charge in [0.1, 0.15) is 11.6 Å². The molecule has 0 saturated carbocycles. The van der Waals surface area contributed by atoms with E-state index in [0.29, 0.717) is 36.1 Å². The molecule has 0 unspecified atom stereocenters. The summed E-state index contributed by atoms with van der Waals surface area (Å²) in [5.74, 6) is 1.34.